The van der Waals surface area contributed by atoms with E-state index in [1.807, 2.05) is 0 Å². The molecule has 0 unspecified atom stereocenters. The van der Waals surface area contributed by atoms with Crippen LogP contribution >= 0.6 is 0 Å². The number of carboxylic acids is 1. The molecule has 2 aromatic rings. The van der Waals surface area contributed by atoms with E-state index in [-0.39, 0.29) is 17.0 Å². The summed E-state index contributed by atoms with van der Waals surface area (Å²) in [5.74, 6) is -1.51. The van der Waals surface area contributed by atoms with Crippen molar-refractivity contribution in [1.82, 2.24) is 0 Å². The third kappa shape index (κ3) is 3.44. The van der Waals surface area contributed by atoms with Crippen LogP contribution in [-0.2, 0) is 0 Å². The quantitative estimate of drug-likeness (QED) is 0.510. The normalized spacial score (nSPS) is 10.7. The predicted molar refractivity (Wildman–Crippen MR) is 77.1 cm³/mol. The Labute approximate surface area is 119 Å². The van der Waals surface area contributed by atoms with Gasteiger partial charge in [-0.2, -0.15) is 0 Å². The molecule has 0 aliphatic heterocycles. The van der Waals surface area contributed by atoms with Crippen molar-refractivity contribution in [3.8, 4) is 5.75 Å². The summed E-state index contributed by atoms with van der Waals surface area (Å²) < 4.78 is 0. The van der Waals surface area contributed by atoms with E-state index >= 15 is 0 Å². The number of nitrogens with zero attached hydrogens (tertiary/aromatic N) is 1. The van der Waals surface area contributed by atoms with Crippen LogP contribution in [0.4, 0.5) is 5.69 Å². The second-order valence-electron chi connectivity index (χ2n) is 4.26. The molecule has 0 saturated heterocycles. The van der Waals surface area contributed by atoms with E-state index in [0.29, 0.717) is 5.56 Å². The van der Waals surface area contributed by atoms with E-state index in [1.54, 1.807) is 30.4 Å². The van der Waals surface area contributed by atoms with Crippen molar-refractivity contribution in [3.05, 3.63) is 69.3 Å². The molecule has 2 N–H and O–H groups in total. The minimum absolute atomic E-state index is 0.00458. The fourth-order valence-electron chi connectivity index (χ4n) is 1.73. The van der Waals surface area contributed by atoms with Gasteiger partial charge in [-0.15, -0.1) is 0 Å². The number of carboxylic acid groups (broad SMARTS) is 1. The molecule has 2 rings (SSSR count). The van der Waals surface area contributed by atoms with Gasteiger partial charge in [0.15, 0.2) is 0 Å². The van der Waals surface area contributed by atoms with E-state index in [2.05, 4.69) is 0 Å². The maximum atomic E-state index is 10.9. The highest BCUT2D eigenvalue weighted by molar-refractivity contribution is 5.91. The van der Waals surface area contributed by atoms with Gasteiger partial charge in [0.2, 0.25) is 0 Å². The minimum atomic E-state index is -1.21. The smallest absolute Gasteiger partial charge is 0.339 e. The number of aromatic hydroxyl groups is 1. The van der Waals surface area contributed by atoms with Crippen LogP contribution in [0.1, 0.15) is 21.5 Å². The van der Waals surface area contributed by atoms with Crippen LogP contribution in [0.15, 0.2) is 42.5 Å². The lowest BCUT2D eigenvalue weighted by Gasteiger charge is -2.01. The summed E-state index contributed by atoms with van der Waals surface area (Å²) in [5.41, 5.74) is 1.17. The maximum Gasteiger partial charge on any atom is 0.339 e. The molecule has 0 radical (unpaired) electrons. The number of hydrogen-bond acceptors (Lipinski definition) is 4. The summed E-state index contributed by atoms with van der Waals surface area (Å²) in [4.78, 5) is 21.0. The lowest BCUT2D eigenvalue weighted by Crippen LogP contribution is -1.96. The summed E-state index contributed by atoms with van der Waals surface area (Å²) in [6, 6.07) is 10.2. The van der Waals surface area contributed by atoms with Gasteiger partial charge >= 0.3 is 5.97 Å². The number of aromatic carboxylic acids is 1. The van der Waals surface area contributed by atoms with Crippen molar-refractivity contribution < 1.29 is 19.9 Å². The monoisotopic (exact) mass is 285 g/mol. The molecule has 0 saturated carbocycles. The summed E-state index contributed by atoms with van der Waals surface area (Å²) >= 11 is 0. The van der Waals surface area contributed by atoms with Crippen molar-refractivity contribution >= 4 is 23.8 Å². The second kappa shape index (κ2) is 5.87. The first kappa shape index (κ1) is 14.3. The van der Waals surface area contributed by atoms with E-state index in [9.17, 15) is 20.0 Å². The molecule has 0 aromatic heterocycles. The molecule has 0 heterocycles. The molecular weight excluding hydrogens is 274 g/mol. The van der Waals surface area contributed by atoms with E-state index in [0.717, 1.165) is 5.56 Å². The Kier molecular flexibility index (Phi) is 3.99. The fraction of sp³-hybridized carbons (Fsp3) is 0. The van der Waals surface area contributed by atoms with Gasteiger partial charge in [0.25, 0.3) is 5.69 Å². The number of non-ortho nitro benzene ring substituents is 1. The van der Waals surface area contributed by atoms with Crippen molar-refractivity contribution in [3.63, 3.8) is 0 Å². The van der Waals surface area contributed by atoms with Crippen molar-refractivity contribution in [1.29, 1.82) is 0 Å². The van der Waals surface area contributed by atoms with Crippen LogP contribution in [-0.4, -0.2) is 21.1 Å². The van der Waals surface area contributed by atoms with Crippen molar-refractivity contribution in [2.24, 2.45) is 0 Å². The average Bonchev–Trinajstić information content (AvgIpc) is 2.46. The molecule has 106 valence electrons. The van der Waals surface area contributed by atoms with Crippen LogP contribution in [0.25, 0.3) is 12.2 Å². The van der Waals surface area contributed by atoms with Crippen LogP contribution in [0.5, 0.6) is 5.75 Å². The standard InChI is InChI=1S/C15H11NO5/c17-14-8-5-11(9-13(14)15(18)19)2-1-10-3-6-12(7-4-10)16(20)21/h1-9,17H,(H,18,19)/b2-1+. The van der Waals surface area contributed by atoms with Gasteiger partial charge in [-0.05, 0) is 35.4 Å². The molecule has 0 amide bonds. The zero-order chi connectivity index (χ0) is 15.4. The summed E-state index contributed by atoms with van der Waals surface area (Å²) in [5, 5.41) is 28.8. The van der Waals surface area contributed by atoms with Gasteiger partial charge < -0.3 is 10.2 Å². The number of hydrogen-bond donors (Lipinski definition) is 2. The van der Waals surface area contributed by atoms with Gasteiger partial charge in [-0.3, -0.25) is 10.1 Å². The van der Waals surface area contributed by atoms with Crippen LogP contribution in [0.2, 0.25) is 0 Å². The Hall–Kier alpha value is -3.15. The molecule has 0 spiro atoms. The first-order valence-electron chi connectivity index (χ1n) is 5.96. The molecule has 0 atom stereocenters. The number of rotatable bonds is 4. The van der Waals surface area contributed by atoms with Crippen molar-refractivity contribution in [2.45, 2.75) is 0 Å². The van der Waals surface area contributed by atoms with E-state index < -0.39 is 10.9 Å². The number of carbonyl (C=O) groups is 1. The van der Waals surface area contributed by atoms with Gasteiger partial charge in [0, 0.05) is 12.1 Å². The average molecular weight is 285 g/mol. The topological polar surface area (TPSA) is 101 Å². The highest BCUT2D eigenvalue weighted by Gasteiger charge is 2.09. The molecular formula is C15H11NO5. The van der Waals surface area contributed by atoms with Crippen LogP contribution in [0, 0.1) is 10.1 Å². The number of nitro benzene ring substituents is 1. The zero-order valence-electron chi connectivity index (χ0n) is 10.8. The highest BCUT2D eigenvalue weighted by Crippen LogP contribution is 2.20. The Morgan fingerprint density at radius 3 is 2.19 bits per heavy atom. The summed E-state index contributed by atoms with van der Waals surface area (Å²) in [6.45, 7) is 0. The molecule has 0 bridgehead atoms. The van der Waals surface area contributed by atoms with Crippen LogP contribution in [0.3, 0.4) is 0 Å². The minimum Gasteiger partial charge on any atom is -0.507 e. The highest BCUT2D eigenvalue weighted by atomic mass is 16.6. The lowest BCUT2D eigenvalue weighted by molar-refractivity contribution is -0.384. The summed E-state index contributed by atoms with van der Waals surface area (Å²) in [7, 11) is 0. The first-order chi connectivity index (χ1) is 9.97. The second-order valence-corrected chi connectivity index (χ2v) is 4.26. The van der Waals surface area contributed by atoms with Gasteiger partial charge in [-0.1, -0.05) is 18.2 Å². The third-order valence-corrected chi connectivity index (χ3v) is 2.82. The Balaban J connectivity index is 2.23. The number of phenols is 1. The molecule has 6 heteroatoms. The molecule has 0 aliphatic carbocycles. The molecule has 0 aliphatic rings. The Morgan fingerprint density at radius 2 is 1.62 bits per heavy atom. The Bertz CT molecular complexity index is 719. The van der Waals surface area contributed by atoms with Crippen LogP contribution < -0.4 is 0 Å². The SMILES string of the molecule is O=C(O)c1cc(/C=C/c2ccc([N+](=O)[O-])cc2)ccc1O. The Morgan fingerprint density at radius 1 is 1.05 bits per heavy atom. The zero-order valence-corrected chi connectivity index (χ0v) is 10.8. The molecule has 2 aromatic carbocycles. The van der Waals surface area contributed by atoms with Gasteiger partial charge in [-0.25, -0.2) is 4.79 Å². The van der Waals surface area contributed by atoms with E-state index in [4.69, 9.17) is 5.11 Å². The fourth-order valence-corrected chi connectivity index (χ4v) is 1.73. The lowest BCUT2D eigenvalue weighted by atomic mass is 10.1. The molecule has 21 heavy (non-hydrogen) atoms. The number of nitro groups is 1. The molecule has 0 fully saturated rings. The van der Waals surface area contributed by atoms with Gasteiger partial charge in [0.05, 0.1) is 4.92 Å². The number of benzene rings is 2. The summed E-state index contributed by atoms with van der Waals surface area (Å²) in [6.07, 6.45) is 3.36. The third-order valence-electron chi connectivity index (χ3n) is 2.82. The molecule has 6 nitrogen and oxygen atoms in total. The maximum absolute atomic E-state index is 10.9. The van der Waals surface area contributed by atoms with E-state index in [1.165, 1.54) is 24.3 Å². The van der Waals surface area contributed by atoms with Gasteiger partial charge in [0.1, 0.15) is 11.3 Å². The first-order valence-corrected chi connectivity index (χ1v) is 5.96. The predicted octanol–water partition coefficient (Wildman–Crippen LogP) is 3.17. The largest absolute Gasteiger partial charge is 0.507 e. The van der Waals surface area contributed by atoms with Crippen molar-refractivity contribution in [2.75, 3.05) is 0 Å².